The van der Waals surface area contributed by atoms with Gasteiger partial charge in [0.05, 0.1) is 17.3 Å². The lowest BCUT2D eigenvalue weighted by Crippen LogP contribution is -2.57. The number of anilines is 1. The number of piperidine rings is 3. The van der Waals surface area contributed by atoms with Crippen molar-refractivity contribution in [2.75, 3.05) is 51.1 Å². The van der Waals surface area contributed by atoms with Gasteiger partial charge in [-0.25, -0.2) is 9.59 Å². The number of hydrogen-bond donors (Lipinski definition) is 4. The highest BCUT2D eigenvalue weighted by Crippen LogP contribution is 2.36. The van der Waals surface area contributed by atoms with E-state index in [9.17, 15) is 27.6 Å². The fourth-order valence-electron chi connectivity index (χ4n) is 8.38. The van der Waals surface area contributed by atoms with E-state index in [1.807, 2.05) is 29.2 Å². The molecule has 3 fully saturated rings. The van der Waals surface area contributed by atoms with Crippen LogP contribution in [0.25, 0.3) is 10.9 Å². The number of nitrogens with one attached hydrogen (secondary N) is 4. The van der Waals surface area contributed by atoms with E-state index in [1.165, 1.54) is 6.20 Å². The lowest BCUT2D eigenvalue weighted by molar-refractivity contribution is -0.136. The molecule has 11 nitrogen and oxygen atoms in total. The Morgan fingerprint density at radius 1 is 0.920 bits per heavy atom. The molecule has 268 valence electrons. The second kappa shape index (κ2) is 14.5. The smallest absolute Gasteiger partial charge is 0.341 e. The van der Waals surface area contributed by atoms with Crippen LogP contribution in [0.4, 0.5) is 28.4 Å². The van der Waals surface area contributed by atoms with Crippen LogP contribution < -0.4 is 16.0 Å². The summed E-state index contributed by atoms with van der Waals surface area (Å²) < 4.78 is 42.2. The molecule has 14 heteroatoms. The number of aromatic nitrogens is 2. The Labute approximate surface area is 289 Å². The molecule has 4 aliphatic rings. The first kappa shape index (κ1) is 34.1. The quantitative estimate of drug-likeness (QED) is 0.289. The van der Waals surface area contributed by atoms with Gasteiger partial charge in [-0.2, -0.15) is 18.3 Å². The van der Waals surface area contributed by atoms with Crippen molar-refractivity contribution in [1.82, 2.24) is 35.5 Å². The molecule has 4 aliphatic heterocycles. The normalized spacial score (nSPS) is 20.7. The number of carbonyl (C=O) groups excluding carboxylic acids is 3. The first-order valence-electron chi connectivity index (χ1n) is 17.9. The van der Waals surface area contributed by atoms with Gasteiger partial charge in [0.2, 0.25) is 5.91 Å². The average molecular weight is 695 g/mol. The highest BCUT2D eigenvalue weighted by atomic mass is 19.4. The number of benzene rings is 2. The first-order chi connectivity index (χ1) is 24.1. The second-order valence-corrected chi connectivity index (χ2v) is 14.2. The Balaban J connectivity index is 1.03. The number of amides is 5. The summed E-state index contributed by atoms with van der Waals surface area (Å²) in [5.41, 5.74) is 1.22. The monoisotopic (exact) mass is 694 g/mol. The molecule has 5 heterocycles. The molecule has 4 N–H and O–H groups in total. The second-order valence-electron chi connectivity index (χ2n) is 14.2. The number of likely N-dealkylation sites (tertiary alicyclic amines) is 2. The van der Waals surface area contributed by atoms with E-state index < -0.39 is 23.8 Å². The maximum absolute atomic E-state index is 14.1. The lowest BCUT2D eigenvalue weighted by atomic mass is 9.79. The predicted molar refractivity (Wildman–Crippen MR) is 182 cm³/mol. The number of alkyl halides is 3. The van der Waals surface area contributed by atoms with Crippen molar-refractivity contribution in [2.45, 2.75) is 69.6 Å². The van der Waals surface area contributed by atoms with Crippen LogP contribution in [0.1, 0.15) is 55.2 Å². The van der Waals surface area contributed by atoms with Gasteiger partial charge in [0.25, 0.3) is 0 Å². The Morgan fingerprint density at radius 2 is 1.62 bits per heavy atom. The summed E-state index contributed by atoms with van der Waals surface area (Å²) in [6.45, 7) is 4.48. The number of fused-ring (bicyclic) bond motifs is 2. The summed E-state index contributed by atoms with van der Waals surface area (Å²) in [5.74, 6) is 0.887. The van der Waals surface area contributed by atoms with Crippen LogP contribution in [-0.4, -0.2) is 101 Å². The molecular weight excluding hydrogens is 649 g/mol. The predicted octanol–water partition coefficient (Wildman–Crippen LogP) is 5.00. The number of halogens is 3. The third kappa shape index (κ3) is 7.40. The molecule has 7 rings (SSSR count). The SMILES string of the molecule is O=C(NC(Cc1cc(C(F)(F)F)c2[nH]ncc2c1)C(=O)N1CCC(C2CCNCC2)CC1)N1CCC(N2CCc3ccccc3NC2=O)CC1. The zero-order valence-corrected chi connectivity index (χ0v) is 28.1. The van der Waals surface area contributed by atoms with Gasteiger partial charge in [0.1, 0.15) is 6.04 Å². The molecule has 0 spiro atoms. The van der Waals surface area contributed by atoms with Crippen LogP contribution in [-0.2, 0) is 23.8 Å². The summed E-state index contributed by atoms with van der Waals surface area (Å²) in [4.78, 5) is 46.2. The molecular formula is C36H45F3N8O3. The fourth-order valence-corrected chi connectivity index (χ4v) is 8.38. The van der Waals surface area contributed by atoms with E-state index in [0.717, 1.165) is 62.5 Å². The Morgan fingerprint density at radius 3 is 2.36 bits per heavy atom. The maximum atomic E-state index is 14.1. The van der Waals surface area contributed by atoms with Crippen LogP contribution in [0.5, 0.6) is 0 Å². The number of urea groups is 2. The fraction of sp³-hybridized carbons (Fsp3) is 0.556. The number of para-hydroxylation sites is 1. The zero-order chi connectivity index (χ0) is 34.8. The molecule has 3 aromatic rings. The molecule has 0 saturated carbocycles. The topological polar surface area (TPSA) is 126 Å². The third-order valence-corrected chi connectivity index (χ3v) is 11.2. The molecule has 0 radical (unpaired) electrons. The number of aromatic amines is 1. The molecule has 3 saturated heterocycles. The number of carbonyl (C=O) groups is 3. The van der Waals surface area contributed by atoms with Gasteiger partial charge in [-0.3, -0.25) is 9.89 Å². The van der Waals surface area contributed by atoms with Crippen LogP contribution in [0.3, 0.4) is 0 Å². The number of hydrogen-bond acceptors (Lipinski definition) is 5. The van der Waals surface area contributed by atoms with Crippen molar-refractivity contribution in [3.63, 3.8) is 0 Å². The molecule has 1 unspecified atom stereocenters. The van der Waals surface area contributed by atoms with E-state index in [1.54, 1.807) is 15.9 Å². The van der Waals surface area contributed by atoms with E-state index in [-0.39, 0.29) is 35.3 Å². The molecule has 2 aromatic carbocycles. The highest BCUT2D eigenvalue weighted by Gasteiger charge is 2.37. The summed E-state index contributed by atoms with van der Waals surface area (Å²) in [5, 5.41) is 15.9. The molecule has 0 aliphatic carbocycles. The van der Waals surface area contributed by atoms with E-state index in [4.69, 9.17) is 0 Å². The highest BCUT2D eigenvalue weighted by molar-refractivity contribution is 5.91. The average Bonchev–Trinajstić information content (AvgIpc) is 3.53. The number of nitrogens with zero attached hydrogens (tertiary/aromatic N) is 4. The summed E-state index contributed by atoms with van der Waals surface area (Å²) in [6.07, 6.45) is 2.50. The molecule has 0 bridgehead atoms. The Hall–Kier alpha value is -4.33. The van der Waals surface area contributed by atoms with E-state index in [2.05, 4.69) is 26.1 Å². The Kier molecular flexibility index (Phi) is 9.89. The molecule has 50 heavy (non-hydrogen) atoms. The van der Waals surface area contributed by atoms with Gasteiger partial charge in [0, 0.05) is 56.3 Å². The van der Waals surface area contributed by atoms with Crippen molar-refractivity contribution in [3.8, 4) is 0 Å². The largest absolute Gasteiger partial charge is 0.418 e. The van der Waals surface area contributed by atoms with Crippen molar-refractivity contribution >= 4 is 34.6 Å². The van der Waals surface area contributed by atoms with Crippen LogP contribution in [0.15, 0.2) is 42.6 Å². The van der Waals surface area contributed by atoms with Gasteiger partial charge >= 0.3 is 18.2 Å². The zero-order valence-electron chi connectivity index (χ0n) is 28.1. The molecule has 1 atom stereocenters. The van der Waals surface area contributed by atoms with Crippen molar-refractivity contribution < 1.29 is 27.6 Å². The number of H-pyrrole nitrogens is 1. The van der Waals surface area contributed by atoms with Crippen LogP contribution in [0, 0.1) is 11.8 Å². The van der Waals surface area contributed by atoms with Crippen LogP contribution in [0.2, 0.25) is 0 Å². The maximum Gasteiger partial charge on any atom is 0.418 e. The minimum absolute atomic E-state index is 0.0468. The van der Waals surface area contributed by atoms with Gasteiger partial charge in [0.15, 0.2) is 0 Å². The van der Waals surface area contributed by atoms with Crippen molar-refractivity contribution in [1.29, 1.82) is 0 Å². The van der Waals surface area contributed by atoms with Crippen molar-refractivity contribution in [3.05, 3.63) is 59.3 Å². The van der Waals surface area contributed by atoms with Gasteiger partial charge < -0.3 is 30.7 Å². The summed E-state index contributed by atoms with van der Waals surface area (Å²) in [7, 11) is 0. The Bertz CT molecular complexity index is 1690. The van der Waals surface area contributed by atoms with Gasteiger partial charge in [-0.1, -0.05) is 18.2 Å². The van der Waals surface area contributed by atoms with Crippen LogP contribution >= 0.6 is 0 Å². The van der Waals surface area contributed by atoms with Crippen molar-refractivity contribution in [2.24, 2.45) is 11.8 Å². The van der Waals surface area contributed by atoms with E-state index in [0.29, 0.717) is 63.0 Å². The standard InChI is InChI=1S/C36H45F3N8O3/c37-36(38,39)29-20-23(19-27-22-41-44-32(27)29)21-31(33(48)45-14-7-25(8-15-45)24-5-12-40-13-6-24)43-34(49)46-16-10-28(11-17-46)47-18-9-26-3-1-2-4-30(26)42-35(47)50/h1-4,19-20,22,24-25,28,31,40H,5-18,21H2,(H,41,44)(H,42,50)(H,43,49). The molecule has 1 aromatic heterocycles. The van der Waals surface area contributed by atoms with Gasteiger partial charge in [-0.05, 0) is 99.2 Å². The van der Waals surface area contributed by atoms with E-state index >= 15 is 0 Å². The molecule has 5 amide bonds. The third-order valence-electron chi connectivity index (χ3n) is 11.2. The summed E-state index contributed by atoms with van der Waals surface area (Å²) >= 11 is 0. The number of rotatable bonds is 6. The minimum Gasteiger partial charge on any atom is -0.341 e. The minimum atomic E-state index is -4.63. The van der Waals surface area contributed by atoms with Gasteiger partial charge in [-0.15, -0.1) is 0 Å². The lowest BCUT2D eigenvalue weighted by Gasteiger charge is -2.40. The first-order valence-corrected chi connectivity index (χ1v) is 17.9. The summed E-state index contributed by atoms with van der Waals surface area (Å²) in [6, 6.07) is 8.73.